The molecule has 3 aromatic carbocycles. The molecular formula is C21H13F9OSi. The van der Waals surface area contributed by atoms with Crippen molar-refractivity contribution in [2.45, 2.75) is 18.5 Å². The van der Waals surface area contributed by atoms with Gasteiger partial charge in [0.1, 0.15) is 0 Å². The van der Waals surface area contributed by atoms with Gasteiger partial charge in [-0.2, -0.15) is 39.5 Å². The highest BCUT2D eigenvalue weighted by atomic mass is 28.4. The summed E-state index contributed by atoms with van der Waals surface area (Å²) < 4.78 is 119. The molecule has 3 aromatic rings. The summed E-state index contributed by atoms with van der Waals surface area (Å²) in [5.41, 5.74) is -3.58. The smallest absolute Gasteiger partial charge is 0.416 e. The highest BCUT2D eigenvalue weighted by Gasteiger charge is 2.43. The summed E-state index contributed by atoms with van der Waals surface area (Å²) >= 11 is 0. The second-order valence-corrected chi connectivity index (χ2v) is 10.1. The van der Waals surface area contributed by atoms with Gasteiger partial charge in [0.15, 0.2) is 0 Å². The SMILES string of the molecule is O[Si](c1cccc(C(F)(F)F)c1)(c1cccc(C(F)(F)F)c1)c1cccc(C(F)(F)F)c1. The molecule has 170 valence electrons. The zero-order chi connectivity index (χ0) is 23.9. The summed E-state index contributed by atoms with van der Waals surface area (Å²) in [6.45, 7) is 0. The van der Waals surface area contributed by atoms with Crippen molar-refractivity contribution in [3.8, 4) is 0 Å². The Morgan fingerprint density at radius 2 is 0.719 bits per heavy atom. The third-order valence-electron chi connectivity index (χ3n) is 4.82. The Hall–Kier alpha value is -2.79. The molecule has 32 heavy (non-hydrogen) atoms. The second-order valence-electron chi connectivity index (χ2n) is 6.95. The van der Waals surface area contributed by atoms with Crippen LogP contribution in [0.4, 0.5) is 39.5 Å². The average molecular weight is 480 g/mol. The standard InChI is InChI=1S/C21H13F9OSi/c22-19(23,24)13-4-1-7-16(10-13)32(31,17-8-2-5-14(11-17)20(25,26)27)18-9-3-6-15(12-18)21(28,29)30/h1-12,31H. The molecule has 3 rings (SSSR count). The van der Waals surface area contributed by atoms with Gasteiger partial charge in [0.25, 0.3) is 8.32 Å². The minimum absolute atomic E-state index is 0.411. The van der Waals surface area contributed by atoms with Crippen molar-refractivity contribution in [1.82, 2.24) is 0 Å². The minimum atomic E-state index is -4.84. The van der Waals surface area contributed by atoms with Gasteiger partial charge in [0.2, 0.25) is 0 Å². The highest BCUT2D eigenvalue weighted by molar-refractivity contribution is 7.06. The maximum atomic E-state index is 13.2. The topological polar surface area (TPSA) is 20.2 Å². The van der Waals surface area contributed by atoms with Crippen molar-refractivity contribution >= 4 is 23.9 Å². The Kier molecular flexibility index (Phi) is 5.94. The number of hydrogen-bond donors (Lipinski definition) is 1. The van der Waals surface area contributed by atoms with Crippen molar-refractivity contribution in [3.63, 3.8) is 0 Å². The molecule has 0 aliphatic carbocycles. The normalized spacial score (nSPS) is 13.3. The van der Waals surface area contributed by atoms with Crippen molar-refractivity contribution in [2.75, 3.05) is 0 Å². The van der Waals surface area contributed by atoms with Gasteiger partial charge in [0.05, 0.1) is 16.7 Å². The molecule has 0 fully saturated rings. The first kappa shape index (κ1) is 23.9. The van der Waals surface area contributed by atoms with Gasteiger partial charge < -0.3 is 4.80 Å². The van der Waals surface area contributed by atoms with Crippen LogP contribution in [0.1, 0.15) is 16.7 Å². The molecular weight excluding hydrogens is 467 g/mol. The molecule has 0 atom stereocenters. The third kappa shape index (κ3) is 4.68. The predicted octanol–water partition coefficient (Wildman–Crippen LogP) is 4.70. The Morgan fingerprint density at radius 3 is 0.938 bits per heavy atom. The molecule has 0 aromatic heterocycles. The first-order chi connectivity index (χ1) is 14.6. The summed E-state index contributed by atoms with van der Waals surface area (Å²) in [4.78, 5) is 11.6. The van der Waals surface area contributed by atoms with Crippen LogP contribution in [-0.4, -0.2) is 13.1 Å². The number of rotatable bonds is 3. The van der Waals surface area contributed by atoms with E-state index < -0.39 is 59.1 Å². The lowest BCUT2D eigenvalue weighted by molar-refractivity contribution is -0.138. The molecule has 1 N–H and O–H groups in total. The molecule has 0 amide bonds. The fourth-order valence-corrected chi connectivity index (χ4v) is 6.37. The van der Waals surface area contributed by atoms with Gasteiger partial charge in [-0.3, -0.25) is 0 Å². The zero-order valence-electron chi connectivity index (χ0n) is 15.8. The van der Waals surface area contributed by atoms with Crippen molar-refractivity contribution < 1.29 is 44.3 Å². The van der Waals surface area contributed by atoms with Crippen LogP contribution in [-0.2, 0) is 18.5 Å². The van der Waals surface area contributed by atoms with Crippen LogP contribution in [0, 0.1) is 0 Å². The summed E-state index contributed by atoms with van der Waals surface area (Å²) in [6, 6.07) is 9.72. The zero-order valence-corrected chi connectivity index (χ0v) is 16.8. The Labute approximate surface area is 176 Å². The average Bonchev–Trinajstić information content (AvgIpc) is 2.71. The second kappa shape index (κ2) is 7.96. The summed E-state index contributed by atoms with van der Waals surface area (Å²) in [6.07, 6.45) is -14.5. The Morgan fingerprint density at radius 1 is 0.469 bits per heavy atom. The van der Waals surface area contributed by atoms with E-state index in [4.69, 9.17) is 0 Å². The van der Waals surface area contributed by atoms with Crippen molar-refractivity contribution in [2.24, 2.45) is 0 Å². The van der Waals surface area contributed by atoms with Crippen LogP contribution in [0.2, 0.25) is 0 Å². The predicted molar refractivity (Wildman–Crippen MR) is 101 cm³/mol. The van der Waals surface area contributed by atoms with Gasteiger partial charge in [0, 0.05) is 0 Å². The van der Waals surface area contributed by atoms with Gasteiger partial charge in [-0.05, 0) is 33.8 Å². The molecule has 0 unspecified atom stereocenters. The van der Waals surface area contributed by atoms with Gasteiger partial charge in [-0.15, -0.1) is 0 Å². The molecule has 11 heteroatoms. The summed E-state index contributed by atoms with van der Waals surface area (Å²) in [5, 5.41) is -1.23. The summed E-state index contributed by atoms with van der Waals surface area (Å²) in [5.74, 6) is 0. The lowest BCUT2D eigenvalue weighted by atomic mass is 10.2. The fraction of sp³-hybridized carbons (Fsp3) is 0.143. The largest absolute Gasteiger partial charge is 0.421 e. The number of alkyl halides is 9. The van der Waals surface area contributed by atoms with Crippen molar-refractivity contribution in [3.05, 3.63) is 89.5 Å². The quantitative estimate of drug-likeness (QED) is 0.327. The Balaban J connectivity index is 2.33. The number of halogens is 9. The van der Waals surface area contributed by atoms with E-state index in [-0.39, 0.29) is 0 Å². The van der Waals surface area contributed by atoms with E-state index in [1.165, 1.54) is 0 Å². The first-order valence-corrected chi connectivity index (χ1v) is 10.8. The molecule has 0 bridgehead atoms. The molecule has 0 heterocycles. The molecule has 0 saturated heterocycles. The van der Waals surface area contributed by atoms with E-state index in [1.807, 2.05) is 0 Å². The van der Waals surface area contributed by atoms with Gasteiger partial charge in [-0.25, -0.2) is 0 Å². The van der Waals surface area contributed by atoms with Crippen LogP contribution in [0.5, 0.6) is 0 Å². The van der Waals surface area contributed by atoms with E-state index in [0.717, 1.165) is 36.4 Å². The Bertz CT molecular complexity index is 978. The third-order valence-corrected chi connectivity index (χ3v) is 8.26. The maximum absolute atomic E-state index is 13.2. The van der Waals surface area contributed by atoms with E-state index in [9.17, 15) is 44.3 Å². The number of benzene rings is 3. The lowest BCUT2D eigenvalue weighted by Crippen LogP contribution is -2.67. The van der Waals surface area contributed by atoms with E-state index in [2.05, 4.69) is 0 Å². The monoisotopic (exact) mass is 480 g/mol. The van der Waals surface area contributed by atoms with E-state index in [0.29, 0.717) is 36.4 Å². The minimum Gasteiger partial charge on any atom is -0.421 e. The maximum Gasteiger partial charge on any atom is 0.416 e. The molecule has 1 nitrogen and oxygen atoms in total. The summed E-state index contributed by atoms with van der Waals surface area (Å²) in [7, 11) is -4.71. The highest BCUT2D eigenvalue weighted by Crippen LogP contribution is 2.31. The van der Waals surface area contributed by atoms with Crippen molar-refractivity contribution in [1.29, 1.82) is 0 Å². The fourth-order valence-electron chi connectivity index (χ4n) is 3.26. The molecule has 0 aliphatic rings. The molecule has 0 saturated carbocycles. The van der Waals surface area contributed by atoms with E-state index in [1.54, 1.807) is 0 Å². The van der Waals surface area contributed by atoms with Crippen LogP contribution < -0.4 is 15.6 Å². The van der Waals surface area contributed by atoms with Crippen LogP contribution >= 0.6 is 0 Å². The molecule has 0 aliphatic heterocycles. The van der Waals surface area contributed by atoms with Crippen LogP contribution in [0.15, 0.2) is 72.8 Å². The van der Waals surface area contributed by atoms with Crippen LogP contribution in [0.3, 0.4) is 0 Å². The van der Waals surface area contributed by atoms with E-state index >= 15 is 0 Å². The number of hydrogen-bond acceptors (Lipinski definition) is 1. The lowest BCUT2D eigenvalue weighted by Gasteiger charge is -2.28. The first-order valence-electron chi connectivity index (χ1n) is 8.89. The van der Waals surface area contributed by atoms with Crippen LogP contribution in [0.25, 0.3) is 0 Å². The van der Waals surface area contributed by atoms with Gasteiger partial charge in [-0.1, -0.05) is 54.6 Å². The molecule has 0 radical (unpaired) electrons. The molecule has 0 spiro atoms. The van der Waals surface area contributed by atoms with Gasteiger partial charge >= 0.3 is 18.5 Å².